The van der Waals surface area contributed by atoms with Crippen molar-refractivity contribution in [2.24, 2.45) is 0 Å². The normalized spacial score (nSPS) is 13.8. The average molecular weight is 324 g/mol. The van der Waals surface area contributed by atoms with Crippen LogP contribution in [0.25, 0.3) is 23.0 Å². The standard InChI is InChI=1S/C18H20N4O2/c1-11-9-14(20-22(11)18(2,3)4)17-19-16(21-24-17)13-5-6-15-12(10-13)7-8-23-15/h5-6,9-10H,7-8H2,1-4H3. The van der Waals surface area contributed by atoms with Crippen LogP contribution in [0, 0.1) is 6.92 Å². The molecule has 1 aliphatic rings. The fourth-order valence-electron chi connectivity index (χ4n) is 3.03. The van der Waals surface area contributed by atoms with E-state index in [1.165, 1.54) is 5.56 Å². The van der Waals surface area contributed by atoms with Crippen LogP contribution in [-0.4, -0.2) is 26.5 Å². The molecule has 0 saturated carbocycles. The molecule has 0 unspecified atom stereocenters. The van der Waals surface area contributed by atoms with Gasteiger partial charge in [0, 0.05) is 17.7 Å². The Morgan fingerprint density at radius 1 is 1.17 bits per heavy atom. The fourth-order valence-corrected chi connectivity index (χ4v) is 3.03. The first kappa shape index (κ1) is 14.9. The monoisotopic (exact) mass is 324 g/mol. The van der Waals surface area contributed by atoms with Crippen LogP contribution in [-0.2, 0) is 12.0 Å². The van der Waals surface area contributed by atoms with Gasteiger partial charge in [-0.3, -0.25) is 4.68 Å². The highest BCUT2D eigenvalue weighted by molar-refractivity contribution is 5.61. The van der Waals surface area contributed by atoms with E-state index in [9.17, 15) is 0 Å². The molecular weight excluding hydrogens is 304 g/mol. The molecule has 124 valence electrons. The Morgan fingerprint density at radius 3 is 2.75 bits per heavy atom. The van der Waals surface area contributed by atoms with Crippen LogP contribution in [0.3, 0.4) is 0 Å². The van der Waals surface area contributed by atoms with E-state index in [1.54, 1.807) is 0 Å². The number of aromatic nitrogens is 4. The van der Waals surface area contributed by atoms with Gasteiger partial charge < -0.3 is 9.26 Å². The van der Waals surface area contributed by atoms with Crippen LogP contribution in [0.1, 0.15) is 32.0 Å². The Bertz CT molecular complexity index is 902. The largest absolute Gasteiger partial charge is 0.493 e. The Balaban J connectivity index is 1.68. The van der Waals surface area contributed by atoms with Crippen molar-refractivity contribution in [2.45, 2.75) is 39.7 Å². The topological polar surface area (TPSA) is 66.0 Å². The number of hydrogen-bond donors (Lipinski definition) is 0. The zero-order valence-electron chi connectivity index (χ0n) is 14.3. The maximum absolute atomic E-state index is 5.53. The van der Waals surface area contributed by atoms with Gasteiger partial charge in [0.05, 0.1) is 12.1 Å². The molecule has 0 bridgehead atoms. The highest BCUT2D eigenvalue weighted by atomic mass is 16.5. The molecule has 6 heteroatoms. The summed E-state index contributed by atoms with van der Waals surface area (Å²) in [6.45, 7) is 9.10. The number of hydrogen-bond acceptors (Lipinski definition) is 5. The summed E-state index contributed by atoms with van der Waals surface area (Å²) < 4.78 is 12.9. The highest BCUT2D eigenvalue weighted by Gasteiger charge is 2.21. The number of rotatable bonds is 2. The van der Waals surface area contributed by atoms with Gasteiger partial charge in [0.25, 0.3) is 5.89 Å². The lowest BCUT2D eigenvalue weighted by molar-refractivity contribution is 0.347. The van der Waals surface area contributed by atoms with Crippen molar-refractivity contribution in [2.75, 3.05) is 6.61 Å². The second-order valence-electron chi connectivity index (χ2n) is 7.10. The summed E-state index contributed by atoms with van der Waals surface area (Å²) in [6.07, 6.45) is 0.920. The summed E-state index contributed by atoms with van der Waals surface area (Å²) in [4.78, 5) is 4.52. The lowest BCUT2D eigenvalue weighted by atomic mass is 10.1. The minimum absolute atomic E-state index is 0.0921. The smallest absolute Gasteiger partial charge is 0.278 e. The number of nitrogens with zero attached hydrogens (tertiary/aromatic N) is 4. The predicted octanol–water partition coefficient (Wildman–Crippen LogP) is 3.60. The van der Waals surface area contributed by atoms with Gasteiger partial charge in [0.15, 0.2) is 5.69 Å². The van der Waals surface area contributed by atoms with Crippen LogP contribution >= 0.6 is 0 Å². The third kappa shape index (κ3) is 2.48. The van der Waals surface area contributed by atoms with E-state index in [4.69, 9.17) is 9.26 Å². The first-order chi connectivity index (χ1) is 11.4. The minimum Gasteiger partial charge on any atom is -0.493 e. The lowest BCUT2D eigenvalue weighted by Gasteiger charge is -2.20. The molecule has 1 aromatic carbocycles. The summed E-state index contributed by atoms with van der Waals surface area (Å²) >= 11 is 0. The van der Waals surface area contributed by atoms with E-state index in [1.807, 2.05) is 29.8 Å². The molecule has 0 spiro atoms. The molecular formula is C18H20N4O2. The molecule has 6 nitrogen and oxygen atoms in total. The first-order valence-electron chi connectivity index (χ1n) is 8.09. The van der Waals surface area contributed by atoms with E-state index in [2.05, 4.69) is 42.1 Å². The van der Waals surface area contributed by atoms with E-state index >= 15 is 0 Å². The summed E-state index contributed by atoms with van der Waals surface area (Å²) in [5.74, 6) is 1.96. The van der Waals surface area contributed by atoms with E-state index in [0.29, 0.717) is 17.4 Å². The van der Waals surface area contributed by atoms with Gasteiger partial charge in [0.2, 0.25) is 5.82 Å². The molecule has 1 aliphatic heterocycles. The molecule has 3 aromatic rings. The average Bonchev–Trinajstić information content (AvgIpc) is 3.24. The van der Waals surface area contributed by atoms with Crippen molar-refractivity contribution in [1.29, 1.82) is 0 Å². The van der Waals surface area contributed by atoms with Crippen molar-refractivity contribution in [3.8, 4) is 28.7 Å². The van der Waals surface area contributed by atoms with Crippen molar-refractivity contribution in [3.63, 3.8) is 0 Å². The van der Waals surface area contributed by atoms with Crippen LogP contribution in [0.4, 0.5) is 0 Å². The second kappa shape index (κ2) is 5.19. The van der Waals surface area contributed by atoms with E-state index < -0.39 is 0 Å². The van der Waals surface area contributed by atoms with Gasteiger partial charge in [-0.1, -0.05) is 5.16 Å². The van der Waals surface area contributed by atoms with Crippen molar-refractivity contribution >= 4 is 0 Å². The van der Waals surface area contributed by atoms with Gasteiger partial charge >= 0.3 is 0 Å². The molecule has 2 aromatic heterocycles. The maximum Gasteiger partial charge on any atom is 0.278 e. The van der Waals surface area contributed by atoms with Crippen molar-refractivity contribution in [3.05, 3.63) is 35.5 Å². The summed E-state index contributed by atoms with van der Waals surface area (Å²) in [5.41, 5.74) is 3.79. The summed E-state index contributed by atoms with van der Waals surface area (Å²) in [6, 6.07) is 7.96. The van der Waals surface area contributed by atoms with Gasteiger partial charge in [0.1, 0.15) is 5.75 Å². The summed E-state index contributed by atoms with van der Waals surface area (Å²) in [7, 11) is 0. The molecule has 0 saturated heterocycles. The Labute approximate surface area is 140 Å². The SMILES string of the molecule is Cc1cc(-c2nc(-c3ccc4c(c3)CCO4)no2)nn1C(C)(C)C. The molecule has 4 rings (SSSR count). The van der Waals surface area contributed by atoms with Crippen LogP contribution in [0.5, 0.6) is 5.75 Å². The van der Waals surface area contributed by atoms with Gasteiger partial charge in [-0.25, -0.2) is 0 Å². The predicted molar refractivity (Wildman–Crippen MR) is 89.9 cm³/mol. The molecule has 0 N–H and O–H groups in total. The second-order valence-corrected chi connectivity index (χ2v) is 7.10. The molecule has 24 heavy (non-hydrogen) atoms. The Morgan fingerprint density at radius 2 is 2.00 bits per heavy atom. The number of fused-ring (bicyclic) bond motifs is 1. The molecule has 0 fully saturated rings. The number of aryl methyl sites for hydroxylation is 1. The quantitative estimate of drug-likeness (QED) is 0.720. The van der Waals surface area contributed by atoms with E-state index in [-0.39, 0.29) is 5.54 Å². The molecule has 0 radical (unpaired) electrons. The molecule has 0 amide bonds. The van der Waals surface area contributed by atoms with Gasteiger partial charge in [-0.05, 0) is 57.5 Å². The van der Waals surface area contributed by atoms with E-state index in [0.717, 1.165) is 30.0 Å². The summed E-state index contributed by atoms with van der Waals surface area (Å²) in [5, 5.41) is 8.73. The number of ether oxygens (including phenoxy) is 1. The lowest BCUT2D eigenvalue weighted by Crippen LogP contribution is -2.24. The first-order valence-corrected chi connectivity index (χ1v) is 8.09. The number of benzene rings is 1. The third-order valence-corrected chi connectivity index (χ3v) is 4.12. The van der Waals surface area contributed by atoms with Crippen LogP contribution in [0.2, 0.25) is 0 Å². The fraction of sp³-hybridized carbons (Fsp3) is 0.389. The van der Waals surface area contributed by atoms with Crippen molar-refractivity contribution in [1.82, 2.24) is 19.9 Å². The minimum atomic E-state index is -0.0921. The highest BCUT2D eigenvalue weighted by Crippen LogP contribution is 2.30. The Kier molecular flexibility index (Phi) is 3.23. The van der Waals surface area contributed by atoms with Crippen LogP contribution in [0.15, 0.2) is 28.8 Å². The maximum atomic E-state index is 5.53. The molecule has 0 atom stereocenters. The van der Waals surface area contributed by atoms with Crippen LogP contribution < -0.4 is 4.74 Å². The van der Waals surface area contributed by atoms with Gasteiger partial charge in [-0.15, -0.1) is 0 Å². The molecule has 0 aliphatic carbocycles. The third-order valence-electron chi connectivity index (χ3n) is 4.12. The molecule has 3 heterocycles. The van der Waals surface area contributed by atoms with Crippen molar-refractivity contribution < 1.29 is 9.26 Å². The van der Waals surface area contributed by atoms with Gasteiger partial charge in [-0.2, -0.15) is 10.1 Å². The zero-order chi connectivity index (χ0) is 16.9. The Hall–Kier alpha value is -2.63. The zero-order valence-corrected chi connectivity index (χ0v) is 14.3.